The summed E-state index contributed by atoms with van der Waals surface area (Å²) in [5.41, 5.74) is 1.30. The summed E-state index contributed by atoms with van der Waals surface area (Å²) < 4.78 is 30.6. The van der Waals surface area contributed by atoms with Gasteiger partial charge in [0.05, 0.1) is 30.0 Å². The molecule has 0 aliphatic carbocycles. The van der Waals surface area contributed by atoms with Gasteiger partial charge in [-0.3, -0.25) is 9.48 Å². The molecule has 2 atom stereocenters. The predicted octanol–water partition coefficient (Wildman–Crippen LogP) is 4.78. The van der Waals surface area contributed by atoms with Gasteiger partial charge in [-0.25, -0.2) is 18.7 Å². The number of aromatic nitrogens is 4. The summed E-state index contributed by atoms with van der Waals surface area (Å²) in [6.07, 6.45) is 4.22. The first-order valence-corrected chi connectivity index (χ1v) is 11.1. The van der Waals surface area contributed by atoms with Crippen LogP contribution in [0.1, 0.15) is 23.8 Å². The van der Waals surface area contributed by atoms with E-state index in [1.54, 1.807) is 44.4 Å². The molecule has 0 bridgehead atoms. The van der Waals surface area contributed by atoms with Crippen LogP contribution in [0.4, 0.5) is 14.7 Å². The lowest BCUT2D eigenvalue weighted by molar-refractivity contribution is -0.0898. The van der Waals surface area contributed by atoms with Gasteiger partial charge in [0.1, 0.15) is 0 Å². The lowest BCUT2D eigenvalue weighted by Crippen LogP contribution is -2.57. The molecule has 0 radical (unpaired) electrons. The fraction of sp³-hybridized carbons (Fsp3) is 0.364. The molecule has 1 aliphatic rings. The topological polar surface area (TPSA) is 75.9 Å². The molecule has 174 valence electrons. The number of hydrogen-bond donors (Lipinski definition) is 1. The summed E-state index contributed by atoms with van der Waals surface area (Å²) in [5, 5.41) is 8.22. The molecule has 3 aromatic rings. The van der Waals surface area contributed by atoms with E-state index in [1.165, 1.54) is 22.0 Å². The zero-order valence-corrected chi connectivity index (χ0v) is 19.5. The maximum absolute atomic E-state index is 14.5. The average Bonchev–Trinajstić information content (AvgIpc) is 3.14. The van der Waals surface area contributed by atoms with Crippen LogP contribution >= 0.6 is 23.2 Å². The Morgan fingerprint density at radius 3 is 2.67 bits per heavy atom. The van der Waals surface area contributed by atoms with E-state index in [1.807, 2.05) is 0 Å². The molecule has 3 heterocycles. The van der Waals surface area contributed by atoms with Crippen LogP contribution in [0.15, 0.2) is 42.9 Å². The van der Waals surface area contributed by atoms with Crippen LogP contribution in [0.2, 0.25) is 10.0 Å². The lowest BCUT2D eigenvalue weighted by Gasteiger charge is -2.43. The molecule has 4 rings (SSSR count). The molecular weight excluding hydrogens is 473 g/mol. The fourth-order valence-electron chi connectivity index (χ4n) is 4.13. The van der Waals surface area contributed by atoms with Crippen LogP contribution in [0, 0.1) is 5.92 Å². The molecule has 1 fully saturated rings. The van der Waals surface area contributed by atoms with Gasteiger partial charge in [-0.05, 0) is 23.6 Å². The normalized spacial score (nSPS) is 20.0. The van der Waals surface area contributed by atoms with Crippen LogP contribution < -0.4 is 5.32 Å². The van der Waals surface area contributed by atoms with Crippen molar-refractivity contribution < 1.29 is 13.6 Å². The van der Waals surface area contributed by atoms with E-state index >= 15 is 0 Å². The van der Waals surface area contributed by atoms with E-state index in [2.05, 4.69) is 20.4 Å². The Bertz CT molecular complexity index is 1150. The quantitative estimate of drug-likeness (QED) is 0.552. The Balaban J connectivity index is 1.65. The first-order chi connectivity index (χ1) is 15.6. The van der Waals surface area contributed by atoms with Gasteiger partial charge >= 0.3 is 0 Å². The first kappa shape index (κ1) is 23.4. The van der Waals surface area contributed by atoms with Crippen molar-refractivity contribution in [2.75, 3.05) is 18.4 Å². The van der Waals surface area contributed by atoms with Crippen molar-refractivity contribution in [3.8, 4) is 11.1 Å². The van der Waals surface area contributed by atoms with Gasteiger partial charge in [-0.15, -0.1) is 0 Å². The van der Waals surface area contributed by atoms with Crippen molar-refractivity contribution in [3.05, 3.63) is 58.6 Å². The fourth-order valence-corrected chi connectivity index (χ4v) is 4.42. The molecule has 11 heteroatoms. The van der Waals surface area contributed by atoms with Gasteiger partial charge in [-0.2, -0.15) is 5.10 Å². The molecule has 2 aromatic heterocycles. The second-order valence-corrected chi connectivity index (χ2v) is 9.09. The number of halogens is 4. The average molecular weight is 495 g/mol. The Morgan fingerprint density at radius 1 is 1.24 bits per heavy atom. The molecule has 0 unspecified atom stereocenters. The highest BCUT2D eigenvalue weighted by atomic mass is 35.5. The van der Waals surface area contributed by atoms with E-state index in [4.69, 9.17) is 23.2 Å². The van der Waals surface area contributed by atoms with Crippen molar-refractivity contribution in [1.82, 2.24) is 24.6 Å². The van der Waals surface area contributed by atoms with Crippen molar-refractivity contribution in [2.24, 2.45) is 13.0 Å². The van der Waals surface area contributed by atoms with Gasteiger partial charge in [0.25, 0.3) is 11.8 Å². The molecule has 33 heavy (non-hydrogen) atoms. The summed E-state index contributed by atoms with van der Waals surface area (Å²) >= 11 is 11.9. The third-order valence-electron chi connectivity index (χ3n) is 5.60. The van der Waals surface area contributed by atoms with Crippen molar-refractivity contribution in [1.29, 1.82) is 0 Å². The zero-order valence-electron chi connectivity index (χ0n) is 18.0. The van der Waals surface area contributed by atoms with Gasteiger partial charge in [0.15, 0.2) is 5.69 Å². The number of carbonyl (C=O) groups excluding carboxylic acids is 1. The smallest absolute Gasteiger partial charge is 0.275 e. The SMILES string of the molecule is C[C@@H]1CC(F)(F)CN(C(=O)c2nn(C)cc2-c2cccc(Cl)c2)[C@@H]1CNc1ncc(Cl)cn1. The predicted molar refractivity (Wildman–Crippen MR) is 123 cm³/mol. The zero-order chi connectivity index (χ0) is 23.8. The number of rotatable bonds is 5. The molecule has 0 spiro atoms. The van der Waals surface area contributed by atoms with Crippen LogP contribution in [-0.4, -0.2) is 55.6 Å². The van der Waals surface area contributed by atoms with E-state index in [0.29, 0.717) is 27.1 Å². The molecule has 1 amide bonds. The summed E-state index contributed by atoms with van der Waals surface area (Å²) in [7, 11) is 1.68. The Labute approximate surface area is 199 Å². The standard InChI is InChI=1S/C22H22Cl2F2N6O/c1-13-7-22(25,26)12-32(18(13)10-29-21-27-8-16(24)9-28-21)20(33)19-17(11-31(2)30-19)14-4-3-5-15(23)6-14/h3-6,8-9,11,13,18H,7,10,12H2,1-2H3,(H,27,28,29)/t13-,18-/m1/s1. The van der Waals surface area contributed by atoms with Gasteiger partial charge in [0.2, 0.25) is 5.95 Å². The highest BCUT2D eigenvalue weighted by molar-refractivity contribution is 6.31. The molecule has 1 aromatic carbocycles. The van der Waals surface area contributed by atoms with Crippen LogP contribution in [0.3, 0.4) is 0 Å². The monoisotopic (exact) mass is 494 g/mol. The maximum atomic E-state index is 14.5. The number of amides is 1. The minimum Gasteiger partial charge on any atom is -0.352 e. The lowest BCUT2D eigenvalue weighted by atomic mass is 9.88. The number of benzene rings is 1. The van der Waals surface area contributed by atoms with Crippen LogP contribution in [-0.2, 0) is 7.05 Å². The van der Waals surface area contributed by atoms with Crippen molar-refractivity contribution in [2.45, 2.75) is 25.3 Å². The Hall–Kier alpha value is -2.78. The number of piperidine rings is 1. The van der Waals surface area contributed by atoms with E-state index in [-0.39, 0.29) is 18.7 Å². The Morgan fingerprint density at radius 2 is 1.97 bits per heavy atom. The van der Waals surface area contributed by atoms with Gasteiger partial charge < -0.3 is 10.2 Å². The highest BCUT2D eigenvalue weighted by Crippen LogP contribution is 2.36. The summed E-state index contributed by atoms with van der Waals surface area (Å²) in [4.78, 5) is 23.0. The number of nitrogens with one attached hydrogen (secondary N) is 1. The summed E-state index contributed by atoms with van der Waals surface area (Å²) in [5.74, 6) is -3.75. The first-order valence-electron chi connectivity index (χ1n) is 10.3. The van der Waals surface area contributed by atoms with E-state index in [0.717, 1.165) is 0 Å². The number of likely N-dealkylation sites (tertiary alicyclic amines) is 1. The third kappa shape index (κ3) is 5.25. The van der Waals surface area contributed by atoms with E-state index in [9.17, 15) is 13.6 Å². The highest BCUT2D eigenvalue weighted by Gasteiger charge is 2.46. The minimum atomic E-state index is -3.01. The minimum absolute atomic E-state index is 0.0948. The molecule has 1 N–H and O–H groups in total. The summed E-state index contributed by atoms with van der Waals surface area (Å²) in [6.45, 7) is 1.21. The number of aryl methyl sites for hydroxylation is 1. The maximum Gasteiger partial charge on any atom is 0.275 e. The largest absolute Gasteiger partial charge is 0.352 e. The molecular formula is C22H22Cl2F2N6O. The number of nitrogens with zero attached hydrogens (tertiary/aromatic N) is 5. The second kappa shape index (κ2) is 9.23. The second-order valence-electron chi connectivity index (χ2n) is 8.22. The number of carbonyl (C=O) groups is 1. The van der Waals surface area contributed by atoms with Crippen molar-refractivity contribution in [3.63, 3.8) is 0 Å². The molecule has 7 nitrogen and oxygen atoms in total. The number of alkyl halides is 2. The van der Waals surface area contributed by atoms with Gasteiger partial charge in [0, 0.05) is 36.8 Å². The van der Waals surface area contributed by atoms with Crippen LogP contribution in [0.5, 0.6) is 0 Å². The van der Waals surface area contributed by atoms with Gasteiger partial charge in [-0.1, -0.05) is 42.3 Å². The molecule has 1 saturated heterocycles. The third-order valence-corrected chi connectivity index (χ3v) is 6.03. The van der Waals surface area contributed by atoms with E-state index < -0.39 is 30.3 Å². The number of anilines is 1. The van der Waals surface area contributed by atoms with Crippen molar-refractivity contribution >= 4 is 35.1 Å². The molecule has 0 saturated carbocycles. The van der Waals surface area contributed by atoms with Crippen LogP contribution in [0.25, 0.3) is 11.1 Å². The Kier molecular flexibility index (Phi) is 6.54. The summed E-state index contributed by atoms with van der Waals surface area (Å²) in [6, 6.07) is 6.46. The molecule has 1 aliphatic heterocycles. The number of hydrogen-bond acceptors (Lipinski definition) is 5.